The molecule has 0 aliphatic rings. The predicted molar refractivity (Wildman–Crippen MR) is 116 cm³/mol. The summed E-state index contributed by atoms with van der Waals surface area (Å²) in [7, 11) is 0. The highest BCUT2D eigenvalue weighted by atomic mass is 15.2. The number of pyridine rings is 1. The first-order chi connectivity index (χ1) is 13.4. The average Bonchev–Trinajstić information content (AvgIpc) is 2.74. The summed E-state index contributed by atoms with van der Waals surface area (Å²) in [6, 6.07) is 25.8. The molecule has 0 saturated heterocycles. The molecule has 2 heteroatoms. The van der Waals surface area contributed by atoms with Gasteiger partial charge in [-0.15, -0.1) is 0 Å². The van der Waals surface area contributed by atoms with Gasteiger partial charge in [0.1, 0.15) is 5.82 Å². The van der Waals surface area contributed by atoms with Gasteiger partial charge >= 0.3 is 0 Å². The molecule has 0 aliphatic heterocycles. The number of unbranched alkanes of at least 4 members (excludes halogenated alkanes) is 2. The number of rotatable bonds is 10. The highest BCUT2D eigenvalue weighted by molar-refractivity contribution is 5.59. The molecule has 0 aliphatic carbocycles. The zero-order valence-electron chi connectivity index (χ0n) is 16.3. The molecule has 140 valence electrons. The van der Waals surface area contributed by atoms with Crippen molar-refractivity contribution in [2.45, 2.75) is 45.4 Å². The summed E-state index contributed by atoms with van der Waals surface area (Å²) in [6.45, 7) is 3.21. The van der Waals surface area contributed by atoms with E-state index in [2.05, 4.69) is 83.5 Å². The second-order valence-electron chi connectivity index (χ2n) is 7.05. The largest absolute Gasteiger partial charge is 0.326 e. The molecule has 1 heterocycles. The van der Waals surface area contributed by atoms with Crippen molar-refractivity contribution in [1.82, 2.24) is 4.98 Å². The fourth-order valence-electron chi connectivity index (χ4n) is 3.39. The van der Waals surface area contributed by atoms with E-state index in [-0.39, 0.29) is 0 Å². The van der Waals surface area contributed by atoms with Crippen LogP contribution in [0.3, 0.4) is 0 Å². The maximum Gasteiger partial charge on any atom is 0.132 e. The standard InChI is InChI=1S/C25H30N2/c1-2-3-5-11-22-16-18-23(19-17-22)12-10-21-27(24-13-6-4-7-14-24)25-15-8-9-20-26-25/h4,6-9,13-20H,2-3,5,10-12,21H2,1H3. The third-order valence-corrected chi connectivity index (χ3v) is 4.93. The summed E-state index contributed by atoms with van der Waals surface area (Å²) in [5, 5.41) is 0. The van der Waals surface area contributed by atoms with Crippen molar-refractivity contribution in [1.29, 1.82) is 0 Å². The van der Waals surface area contributed by atoms with Gasteiger partial charge < -0.3 is 4.90 Å². The minimum atomic E-state index is 0.958. The molecule has 0 atom stereocenters. The van der Waals surface area contributed by atoms with Crippen LogP contribution in [0.25, 0.3) is 0 Å². The summed E-state index contributed by atoms with van der Waals surface area (Å²) in [6.07, 6.45) is 9.16. The molecule has 1 aromatic heterocycles. The van der Waals surface area contributed by atoms with Crippen LogP contribution in [-0.4, -0.2) is 11.5 Å². The number of hydrogen-bond donors (Lipinski definition) is 0. The van der Waals surface area contributed by atoms with Crippen LogP contribution in [0.4, 0.5) is 11.5 Å². The highest BCUT2D eigenvalue weighted by Gasteiger charge is 2.09. The molecule has 2 aromatic carbocycles. The van der Waals surface area contributed by atoms with Crippen molar-refractivity contribution in [3.63, 3.8) is 0 Å². The van der Waals surface area contributed by atoms with Gasteiger partial charge in [-0.25, -0.2) is 4.98 Å². The molecule has 0 radical (unpaired) electrons. The second-order valence-corrected chi connectivity index (χ2v) is 7.05. The normalized spacial score (nSPS) is 10.7. The van der Waals surface area contributed by atoms with Gasteiger partial charge in [0.15, 0.2) is 0 Å². The smallest absolute Gasteiger partial charge is 0.132 e. The molecular formula is C25H30N2. The Morgan fingerprint density at radius 2 is 1.37 bits per heavy atom. The summed E-state index contributed by atoms with van der Waals surface area (Å²) >= 11 is 0. The van der Waals surface area contributed by atoms with E-state index in [0.29, 0.717) is 0 Å². The highest BCUT2D eigenvalue weighted by Crippen LogP contribution is 2.23. The molecule has 0 N–H and O–H groups in total. The predicted octanol–water partition coefficient (Wildman–Crippen LogP) is 6.59. The van der Waals surface area contributed by atoms with E-state index in [1.165, 1.54) is 42.5 Å². The maximum absolute atomic E-state index is 4.55. The minimum Gasteiger partial charge on any atom is -0.326 e. The molecule has 0 saturated carbocycles. The third kappa shape index (κ3) is 5.96. The van der Waals surface area contributed by atoms with Crippen molar-refractivity contribution in [3.05, 3.63) is 90.1 Å². The fraction of sp³-hybridized carbons (Fsp3) is 0.320. The van der Waals surface area contributed by atoms with Gasteiger partial charge in [0, 0.05) is 18.4 Å². The SMILES string of the molecule is CCCCCc1ccc(CCCN(c2ccccc2)c2ccccn2)cc1. The summed E-state index contributed by atoms with van der Waals surface area (Å²) in [5.41, 5.74) is 4.08. The number of hydrogen-bond acceptors (Lipinski definition) is 2. The van der Waals surface area contributed by atoms with E-state index in [9.17, 15) is 0 Å². The van der Waals surface area contributed by atoms with E-state index in [1.54, 1.807) is 0 Å². The Labute approximate surface area is 163 Å². The second kappa shape index (κ2) is 10.5. The monoisotopic (exact) mass is 358 g/mol. The molecule has 0 fully saturated rings. The molecule has 0 spiro atoms. The lowest BCUT2D eigenvalue weighted by Gasteiger charge is -2.24. The van der Waals surface area contributed by atoms with Crippen LogP contribution < -0.4 is 4.90 Å². The van der Waals surface area contributed by atoms with E-state index < -0.39 is 0 Å². The Morgan fingerprint density at radius 3 is 2.00 bits per heavy atom. The molecule has 0 amide bonds. The van der Waals surface area contributed by atoms with Gasteiger partial charge in [-0.05, 0) is 61.1 Å². The molecule has 0 bridgehead atoms. The third-order valence-electron chi connectivity index (χ3n) is 4.93. The van der Waals surface area contributed by atoms with Crippen molar-refractivity contribution >= 4 is 11.5 Å². The Hall–Kier alpha value is -2.61. The molecule has 0 unspecified atom stereocenters. The molecule has 27 heavy (non-hydrogen) atoms. The maximum atomic E-state index is 4.55. The van der Waals surface area contributed by atoms with Gasteiger partial charge in [0.2, 0.25) is 0 Å². The number of benzene rings is 2. The number of para-hydroxylation sites is 1. The van der Waals surface area contributed by atoms with Crippen LogP contribution >= 0.6 is 0 Å². The van der Waals surface area contributed by atoms with E-state index in [0.717, 1.165) is 25.2 Å². The van der Waals surface area contributed by atoms with E-state index in [1.807, 2.05) is 12.3 Å². The zero-order chi connectivity index (χ0) is 18.7. The van der Waals surface area contributed by atoms with Gasteiger partial charge in [0.05, 0.1) is 0 Å². The van der Waals surface area contributed by atoms with Crippen LogP contribution in [0.5, 0.6) is 0 Å². The van der Waals surface area contributed by atoms with Gasteiger partial charge in [-0.2, -0.15) is 0 Å². The van der Waals surface area contributed by atoms with Crippen LogP contribution in [0, 0.1) is 0 Å². The first kappa shape index (κ1) is 19.2. The first-order valence-electron chi connectivity index (χ1n) is 10.2. The summed E-state index contributed by atoms with van der Waals surface area (Å²) in [4.78, 5) is 6.86. The molecular weight excluding hydrogens is 328 g/mol. The molecule has 2 nitrogen and oxygen atoms in total. The quantitative estimate of drug-likeness (QED) is 0.380. The fourth-order valence-corrected chi connectivity index (χ4v) is 3.39. The van der Waals surface area contributed by atoms with Crippen molar-refractivity contribution in [3.8, 4) is 0 Å². The van der Waals surface area contributed by atoms with Crippen LogP contribution in [-0.2, 0) is 12.8 Å². The molecule has 3 aromatic rings. The van der Waals surface area contributed by atoms with E-state index in [4.69, 9.17) is 0 Å². The molecule has 3 rings (SSSR count). The zero-order valence-corrected chi connectivity index (χ0v) is 16.3. The van der Waals surface area contributed by atoms with Crippen LogP contribution in [0.15, 0.2) is 79.0 Å². The minimum absolute atomic E-state index is 0.958. The Balaban J connectivity index is 1.58. The van der Waals surface area contributed by atoms with Gasteiger partial charge in [-0.3, -0.25) is 0 Å². The van der Waals surface area contributed by atoms with E-state index >= 15 is 0 Å². The number of aryl methyl sites for hydroxylation is 2. The van der Waals surface area contributed by atoms with Gasteiger partial charge in [-0.1, -0.05) is 68.3 Å². The first-order valence-corrected chi connectivity index (χ1v) is 10.2. The van der Waals surface area contributed by atoms with Gasteiger partial charge in [0.25, 0.3) is 0 Å². The number of aromatic nitrogens is 1. The van der Waals surface area contributed by atoms with Crippen molar-refractivity contribution in [2.24, 2.45) is 0 Å². The Bertz CT molecular complexity index is 727. The summed E-state index contributed by atoms with van der Waals surface area (Å²) in [5.74, 6) is 1.01. The summed E-state index contributed by atoms with van der Waals surface area (Å²) < 4.78 is 0. The Kier molecular flexibility index (Phi) is 7.46. The number of nitrogens with zero attached hydrogens (tertiary/aromatic N) is 2. The lowest BCUT2D eigenvalue weighted by atomic mass is 10.0. The lowest BCUT2D eigenvalue weighted by Crippen LogP contribution is -2.19. The average molecular weight is 359 g/mol. The van der Waals surface area contributed by atoms with Crippen molar-refractivity contribution in [2.75, 3.05) is 11.4 Å². The van der Waals surface area contributed by atoms with Crippen LogP contribution in [0.1, 0.15) is 43.7 Å². The number of anilines is 2. The Morgan fingerprint density at radius 1 is 0.704 bits per heavy atom. The van der Waals surface area contributed by atoms with Crippen molar-refractivity contribution < 1.29 is 0 Å². The topological polar surface area (TPSA) is 16.1 Å². The lowest BCUT2D eigenvalue weighted by molar-refractivity contribution is 0.717. The van der Waals surface area contributed by atoms with Crippen LogP contribution in [0.2, 0.25) is 0 Å².